The summed E-state index contributed by atoms with van der Waals surface area (Å²) in [5.41, 5.74) is 0.629. The van der Waals surface area contributed by atoms with E-state index < -0.39 is 9.84 Å². The number of carbonyl (C=O) groups excluding carboxylic acids is 1. The highest BCUT2D eigenvalue weighted by Crippen LogP contribution is 2.43. The van der Waals surface area contributed by atoms with Crippen LogP contribution in [0.25, 0.3) is 0 Å². The number of thioether (sulfide) groups is 1. The molecule has 1 amide bonds. The Balaban J connectivity index is 2.02. The predicted molar refractivity (Wildman–Crippen MR) is 109 cm³/mol. The van der Waals surface area contributed by atoms with Crippen molar-refractivity contribution < 1.29 is 13.2 Å². The lowest BCUT2D eigenvalue weighted by atomic mass is 10.0. The molecule has 1 aromatic rings. The summed E-state index contributed by atoms with van der Waals surface area (Å²) in [4.78, 5) is 18.7. The summed E-state index contributed by atoms with van der Waals surface area (Å²) < 4.78 is 24.2. The first kappa shape index (κ1) is 20.0. The number of hydrogen-bond donors (Lipinski definition) is 0. The molecule has 2 fully saturated rings. The van der Waals surface area contributed by atoms with Gasteiger partial charge in [-0.25, -0.2) is 8.42 Å². The number of anilines is 1. The molecule has 0 N–H and O–H groups in total. The standard InChI is InChI=1S/C17H20Cl2N2O3S2/c1-3-10(4-2)16(22)20-17-21(13-6-5-11(18)7-12(13)19)14-8-26(23,24)9-15(14)25-17/h5-7,10,14-15H,3-4,8-9H2,1-2H3/t14-,15+/m1/s1. The lowest BCUT2D eigenvalue weighted by Gasteiger charge is -2.25. The number of fused-ring (bicyclic) bond motifs is 1. The van der Waals surface area contributed by atoms with E-state index in [2.05, 4.69) is 4.99 Å². The molecule has 0 bridgehead atoms. The second kappa shape index (κ2) is 7.70. The normalized spacial score (nSPS) is 25.9. The Morgan fingerprint density at radius 1 is 1.31 bits per heavy atom. The second-order valence-corrected chi connectivity index (χ2v) is 10.7. The van der Waals surface area contributed by atoms with Gasteiger partial charge in [0.15, 0.2) is 15.0 Å². The first-order valence-corrected chi connectivity index (χ1v) is 11.9. The molecule has 2 atom stereocenters. The van der Waals surface area contributed by atoms with Gasteiger partial charge in [-0.3, -0.25) is 4.79 Å². The number of rotatable bonds is 4. The monoisotopic (exact) mass is 434 g/mol. The van der Waals surface area contributed by atoms with E-state index in [9.17, 15) is 13.2 Å². The molecular weight excluding hydrogens is 415 g/mol. The van der Waals surface area contributed by atoms with Gasteiger partial charge in [0, 0.05) is 16.2 Å². The Labute approximate surface area is 168 Å². The number of nitrogens with zero attached hydrogens (tertiary/aromatic N) is 2. The number of amides is 1. The van der Waals surface area contributed by atoms with Gasteiger partial charge in [0.05, 0.1) is 28.3 Å². The van der Waals surface area contributed by atoms with Gasteiger partial charge >= 0.3 is 0 Å². The molecule has 0 aliphatic carbocycles. The highest BCUT2D eigenvalue weighted by Gasteiger charge is 2.49. The average Bonchev–Trinajstić information content (AvgIpc) is 3.00. The van der Waals surface area contributed by atoms with E-state index in [4.69, 9.17) is 23.2 Å². The number of carbonyl (C=O) groups is 1. The molecule has 5 nitrogen and oxygen atoms in total. The molecule has 2 aliphatic heterocycles. The minimum atomic E-state index is -3.12. The first-order valence-electron chi connectivity index (χ1n) is 8.49. The van der Waals surface area contributed by atoms with E-state index in [0.29, 0.717) is 20.9 Å². The number of sulfone groups is 1. The summed E-state index contributed by atoms with van der Waals surface area (Å²) in [5.74, 6) is -0.186. The van der Waals surface area contributed by atoms with Crippen molar-refractivity contribution in [3.8, 4) is 0 Å². The maximum atomic E-state index is 12.5. The molecule has 0 radical (unpaired) electrons. The van der Waals surface area contributed by atoms with Crippen LogP contribution in [0.1, 0.15) is 26.7 Å². The summed E-state index contributed by atoms with van der Waals surface area (Å²) in [6, 6.07) is 4.78. The first-order chi connectivity index (χ1) is 12.3. The Kier molecular flexibility index (Phi) is 5.92. The van der Waals surface area contributed by atoms with Gasteiger partial charge in [0.1, 0.15) is 0 Å². The van der Waals surface area contributed by atoms with Gasteiger partial charge in [-0.2, -0.15) is 4.99 Å². The van der Waals surface area contributed by atoms with Crippen LogP contribution in [-0.4, -0.2) is 42.3 Å². The van der Waals surface area contributed by atoms with Crippen molar-refractivity contribution in [2.24, 2.45) is 10.9 Å². The third-order valence-electron chi connectivity index (χ3n) is 4.78. The van der Waals surface area contributed by atoms with Crippen molar-refractivity contribution >= 4 is 61.6 Å². The molecule has 0 saturated carbocycles. The van der Waals surface area contributed by atoms with Crippen molar-refractivity contribution in [3.63, 3.8) is 0 Å². The van der Waals surface area contributed by atoms with E-state index in [-0.39, 0.29) is 34.6 Å². The molecule has 142 valence electrons. The van der Waals surface area contributed by atoms with Crippen LogP contribution in [0.3, 0.4) is 0 Å². The maximum absolute atomic E-state index is 12.5. The number of aliphatic imine (C=N–C) groups is 1. The van der Waals surface area contributed by atoms with Gasteiger partial charge in [-0.1, -0.05) is 48.8 Å². The van der Waals surface area contributed by atoms with Crippen LogP contribution in [0, 0.1) is 5.92 Å². The van der Waals surface area contributed by atoms with Gasteiger partial charge in [0.2, 0.25) is 0 Å². The van der Waals surface area contributed by atoms with Crippen LogP contribution in [0.15, 0.2) is 23.2 Å². The quantitative estimate of drug-likeness (QED) is 0.715. The largest absolute Gasteiger partial charge is 0.314 e. The number of hydrogen-bond acceptors (Lipinski definition) is 4. The van der Waals surface area contributed by atoms with Crippen molar-refractivity contribution in [1.29, 1.82) is 0 Å². The molecule has 1 aromatic carbocycles. The fourth-order valence-electron chi connectivity index (χ4n) is 3.35. The molecule has 2 saturated heterocycles. The molecule has 0 aromatic heterocycles. The van der Waals surface area contributed by atoms with Gasteiger partial charge in [0.25, 0.3) is 5.91 Å². The van der Waals surface area contributed by atoms with Crippen molar-refractivity contribution in [2.45, 2.75) is 38.0 Å². The molecule has 2 heterocycles. The van der Waals surface area contributed by atoms with Crippen LogP contribution in [0.2, 0.25) is 10.0 Å². The van der Waals surface area contributed by atoms with Gasteiger partial charge < -0.3 is 4.90 Å². The minimum absolute atomic E-state index is 0.0296. The number of benzene rings is 1. The summed E-state index contributed by atoms with van der Waals surface area (Å²) in [5, 5.41) is 1.27. The van der Waals surface area contributed by atoms with E-state index in [1.54, 1.807) is 23.1 Å². The zero-order valence-electron chi connectivity index (χ0n) is 14.5. The van der Waals surface area contributed by atoms with Gasteiger partial charge in [-0.05, 0) is 31.0 Å². The van der Waals surface area contributed by atoms with E-state index >= 15 is 0 Å². The zero-order chi connectivity index (χ0) is 19.1. The molecular formula is C17H20Cl2N2O3S2. The van der Waals surface area contributed by atoms with E-state index in [1.165, 1.54) is 11.8 Å². The topological polar surface area (TPSA) is 66.8 Å². The molecule has 26 heavy (non-hydrogen) atoms. The predicted octanol–water partition coefficient (Wildman–Crippen LogP) is 4.03. The van der Waals surface area contributed by atoms with Crippen LogP contribution in [-0.2, 0) is 14.6 Å². The Hall–Kier alpha value is -0.760. The summed E-state index contributed by atoms with van der Waals surface area (Å²) >= 11 is 13.7. The molecule has 3 rings (SSSR count). The third-order valence-corrected chi connectivity index (χ3v) is 8.52. The Morgan fingerprint density at radius 3 is 2.62 bits per heavy atom. The molecule has 2 aliphatic rings. The van der Waals surface area contributed by atoms with Crippen LogP contribution in [0.4, 0.5) is 5.69 Å². The lowest BCUT2D eigenvalue weighted by molar-refractivity contribution is -0.121. The molecule has 9 heteroatoms. The van der Waals surface area contributed by atoms with E-state index in [1.807, 2.05) is 13.8 Å². The van der Waals surface area contributed by atoms with Gasteiger partial charge in [-0.15, -0.1) is 0 Å². The molecule has 0 spiro atoms. The van der Waals surface area contributed by atoms with Crippen LogP contribution >= 0.6 is 35.0 Å². The van der Waals surface area contributed by atoms with Crippen LogP contribution in [0.5, 0.6) is 0 Å². The van der Waals surface area contributed by atoms with Crippen molar-refractivity contribution in [1.82, 2.24) is 0 Å². The lowest BCUT2D eigenvalue weighted by Crippen LogP contribution is -2.38. The molecule has 0 unspecified atom stereocenters. The maximum Gasteiger partial charge on any atom is 0.251 e. The highest BCUT2D eigenvalue weighted by molar-refractivity contribution is 8.16. The highest BCUT2D eigenvalue weighted by atomic mass is 35.5. The summed E-state index contributed by atoms with van der Waals surface area (Å²) in [6.45, 7) is 3.92. The Morgan fingerprint density at radius 2 is 2.00 bits per heavy atom. The SMILES string of the molecule is CCC(CC)C(=O)N=C1S[C@H]2CS(=O)(=O)C[C@H]2N1c1ccc(Cl)cc1Cl. The summed E-state index contributed by atoms with van der Waals surface area (Å²) in [7, 11) is -3.12. The summed E-state index contributed by atoms with van der Waals surface area (Å²) in [6.07, 6.45) is 1.44. The zero-order valence-corrected chi connectivity index (χ0v) is 17.6. The number of halogens is 2. The van der Waals surface area contributed by atoms with Crippen LogP contribution < -0.4 is 4.90 Å². The van der Waals surface area contributed by atoms with E-state index in [0.717, 1.165) is 12.8 Å². The smallest absolute Gasteiger partial charge is 0.251 e. The minimum Gasteiger partial charge on any atom is -0.314 e. The second-order valence-electron chi connectivity index (χ2n) is 6.51. The fraction of sp³-hybridized carbons (Fsp3) is 0.529. The average molecular weight is 435 g/mol. The van der Waals surface area contributed by atoms with Crippen molar-refractivity contribution in [3.05, 3.63) is 28.2 Å². The number of amidine groups is 1. The Bertz CT molecular complexity index is 854. The third kappa shape index (κ3) is 3.91. The fourth-order valence-corrected chi connectivity index (χ4v) is 7.76. The van der Waals surface area contributed by atoms with Crippen molar-refractivity contribution in [2.75, 3.05) is 16.4 Å².